The lowest BCUT2D eigenvalue weighted by Gasteiger charge is -1.93. The molecule has 0 saturated carbocycles. The topological polar surface area (TPSA) is 34.9 Å². The van der Waals surface area contributed by atoms with Crippen molar-refractivity contribution in [2.75, 3.05) is 0 Å². The molecule has 0 aliphatic rings. The average Bonchev–Trinajstić information content (AvgIpc) is 2.27. The second-order valence-electron chi connectivity index (χ2n) is 4.53. The van der Waals surface area contributed by atoms with E-state index in [9.17, 15) is 4.79 Å². The van der Waals surface area contributed by atoms with E-state index in [4.69, 9.17) is 0 Å². The number of hydrogen-bond acceptors (Lipinski definition) is 2. The highest BCUT2D eigenvalue weighted by Crippen LogP contribution is 2.02. The minimum atomic E-state index is 0.132. The molecular formula is C12H22N2O. The standard InChI is InChI=1S/C8H12N2O.C4H10/c1-6-4-10(5-7(2)11)9-8(6)3;1-4(2)3/h4H,5H2,1-3H3;4H,1-3H3. The molecule has 3 nitrogen and oxygen atoms in total. The molecule has 0 aliphatic carbocycles. The smallest absolute Gasteiger partial charge is 0.151 e. The zero-order valence-electron chi connectivity index (χ0n) is 10.7. The fourth-order valence-corrected chi connectivity index (χ4v) is 0.926. The molecule has 0 amide bonds. The van der Waals surface area contributed by atoms with Crippen LogP contribution < -0.4 is 0 Å². The quantitative estimate of drug-likeness (QED) is 0.752. The number of ketones is 1. The first kappa shape index (κ1) is 13.9. The number of aromatic nitrogens is 2. The summed E-state index contributed by atoms with van der Waals surface area (Å²) >= 11 is 0. The first-order valence-corrected chi connectivity index (χ1v) is 5.33. The second kappa shape index (κ2) is 6.38. The second-order valence-corrected chi connectivity index (χ2v) is 4.53. The predicted molar refractivity (Wildman–Crippen MR) is 62.9 cm³/mol. The van der Waals surface area contributed by atoms with Crippen LogP contribution in [0.4, 0.5) is 0 Å². The van der Waals surface area contributed by atoms with Crippen molar-refractivity contribution in [3.8, 4) is 0 Å². The summed E-state index contributed by atoms with van der Waals surface area (Å²) in [5, 5.41) is 4.15. The van der Waals surface area contributed by atoms with Crippen molar-refractivity contribution in [2.24, 2.45) is 5.92 Å². The molecule has 0 N–H and O–H groups in total. The van der Waals surface area contributed by atoms with Crippen LogP contribution in [-0.2, 0) is 11.3 Å². The molecule has 0 spiro atoms. The molecule has 0 aromatic carbocycles. The zero-order chi connectivity index (χ0) is 12.0. The molecule has 1 aromatic heterocycles. The van der Waals surface area contributed by atoms with Crippen molar-refractivity contribution in [1.29, 1.82) is 0 Å². The van der Waals surface area contributed by atoms with Crippen LogP contribution in [-0.4, -0.2) is 15.6 Å². The minimum Gasteiger partial charge on any atom is -0.298 e. The van der Waals surface area contributed by atoms with Crippen LogP contribution in [0.2, 0.25) is 0 Å². The van der Waals surface area contributed by atoms with E-state index in [0.29, 0.717) is 6.54 Å². The van der Waals surface area contributed by atoms with Gasteiger partial charge in [-0.25, -0.2) is 0 Å². The van der Waals surface area contributed by atoms with Crippen molar-refractivity contribution in [3.05, 3.63) is 17.5 Å². The van der Waals surface area contributed by atoms with Gasteiger partial charge in [-0.2, -0.15) is 5.10 Å². The highest BCUT2D eigenvalue weighted by Gasteiger charge is 2.00. The van der Waals surface area contributed by atoms with Crippen LogP contribution in [0.5, 0.6) is 0 Å². The van der Waals surface area contributed by atoms with Crippen molar-refractivity contribution >= 4 is 5.78 Å². The van der Waals surface area contributed by atoms with Crippen LogP contribution in [0.15, 0.2) is 6.20 Å². The molecule has 1 aromatic rings. The van der Waals surface area contributed by atoms with Crippen LogP contribution in [0.25, 0.3) is 0 Å². The summed E-state index contributed by atoms with van der Waals surface area (Å²) in [5.41, 5.74) is 2.12. The average molecular weight is 210 g/mol. The lowest BCUT2D eigenvalue weighted by atomic mass is 10.3. The van der Waals surface area contributed by atoms with Crippen LogP contribution in [0.1, 0.15) is 39.0 Å². The lowest BCUT2D eigenvalue weighted by molar-refractivity contribution is -0.117. The Hall–Kier alpha value is -1.12. The van der Waals surface area contributed by atoms with Gasteiger partial charge in [-0.3, -0.25) is 9.48 Å². The van der Waals surface area contributed by atoms with Gasteiger partial charge in [0.2, 0.25) is 0 Å². The van der Waals surface area contributed by atoms with Gasteiger partial charge in [0, 0.05) is 6.20 Å². The third kappa shape index (κ3) is 6.89. The van der Waals surface area contributed by atoms with Crippen molar-refractivity contribution in [1.82, 2.24) is 9.78 Å². The summed E-state index contributed by atoms with van der Waals surface area (Å²) < 4.78 is 1.67. The Bertz CT molecular complexity index is 291. The molecule has 1 rings (SSSR count). The molecule has 0 radical (unpaired) electrons. The van der Waals surface area contributed by atoms with Gasteiger partial charge in [-0.1, -0.05) is 20.8 Å². The van der Waals surface area contributed by atoms with E-state index in [2.05, 4.69) is 25.9 Å². The highest BCUT2D eigenvalue weighted by atomic mass is 16.1. The van der Waals surface area contributed by atoms with Gasteiger partial charge < -0.3 is 0 Å². The van der Waals surface area contributed by atoms with E-state index in [1.54, 1.807) is 11.6 Å². The van der Waals surface area contributed by atoms with E-state index in [0.717, 1.165) is 17.2 Å². The number of rotatable bonds is 2. The van der Waals surface area contributed by atoms with E-state index in [1.165, 1.54) is 0 Å². The maximum absolute atomic E-state index is 10.7. The van der Waals surface area contributed by atoms with Crippen LogP contribution in [0, 0.1) is 19.8 Å². The molecule has 15 heavy (non-hydrogen) atoms. The first-order valence-electron chi connectivity index (χ1n) is 5.33. The van der Waals surface area contributed by atoms with Crippen molar-refractivity contribution < 1.29 is 4.79 Å². The third-order valence-corrected chi connectivity index (χ3v) is 1.58. The van der Waals surface area contributed by atoms with Gasteiger partial charge in [-0.05, 0) is 32.3 Å². The Labute approximate surface area is 92.5 Å². The van der Waals surface area contributed by atoms with Gasteiger partial charge in [0.05, 0.1) is 12.2 Å². The Kier molecular flexibility index (Phi) is 5.90. The molecule has 1 heterocycles. The molecular weight excluding hydrogens is 188 g/mol. The summed E-state index contributed by atoms with van der Waals surface area (Å²) in [6, 6.07) is 0. The molecule has 0 fully saturated rings. The molecule has 0 aliphatic heterocycles. The normalized spacial score (nSPS) is 9.80. The summed E-state index contributed by atoms with van der Waals surface area (Å²) in [6.45, 7) is 12.4. The summed E-state index contributed by atoms with van der Waals surface area (Å²) in [5.74, 6) is 0.965. The SMILES string of the molecule is CC(=O)Cn1cc(C)c(C)n1.CC(C)C. The van der Waals surface area contributed by atoms with Crippen molar-refractivity contribution in [2.45, 2.75) is 48.1 Å². The van der Waals surface area contributed by atoms with Gasteiger partial charge >= 0.3 is 0 Å². The monoisotopic (exact) mass is 210 g/mol. The van der Waals surface area contributed by atoms with E-state index in [-0.39, 0.29) is 5.78 Å². The summed E-state index contributed by atoms with van der Waals surface area (Å²) in [6.07, 6.45) is 1.89. The Morgan fingerprint density at radius 2 is 1.87 bits per heavy atom. The highest BCUT2D eigenvalue weighted by molar-refractivity contribution is 5.75. The number of aryl methyl sites for hydroxylation is 2. The molecule has 0 unspecified atom stereocenters. The molecule has 0 atom stereocenters. The fraction of sp³-hybridized carbons (Fsp3) is 0.667. The van der Waals surface area contributed by atoms with Crippen LogP contribution in [0.3, 0.4) is 0 Å². The van der Waals surface area contributed by atoms with E-state index < -0.39 is 0 Å². The zero-order valence-corrected chi connectivity index (χ0v) is 10.7. The Balaban J connectivity index is 0.000000423. The maximum atomic E-state index is 10.7. The number of nitrogens with zero attached hydrogens (tertiary/aromatic N) is 2. The fourth-order valence-electron chi connectivity index (χ4n) is 0.926. The largest absolute Gasteiger partial charge is 0.298 e. The van der Waals surface area contributed by atoms with Gasteiger partial charge in [0.1, 0.15) is 0 Å². The summed E-state index contributed by atoms with van der Waals surface area (Å²) in [7, 11) is 0. The number of carbonyl (C=O) groups excluding carboxylic acids is 1. The molecule has 86 valence electrons. The van der Waals surface area contributed by atoms with Gasteiger partial charge in [0.25, 0.3) is 0 Å². The molecule has 3 heteroatoms. The van der Waals surface area contributed by atoms with Gasteiger partial charge in [-0.15, -0.1) is 0 Å². The first-order chi connectivity index (χ1) is 6.82. The maximum Gasteiger partial charge on any atom is 0.151 e. The number of hydrogen-bond donors (Lipinski definition) is 0. The molecule has 0 saturated heterocycles. The summed E-state index contributed by atoms with van der Waals surface area (Å²) in [4.78, 5) is 10.7. The minimum absolute atomic E-state index is 0.132. The number of Topliss-reactive ketones (excluding diaryl/α,β-unsaturated/α-hetero) is 1. The van der Waals surface area contributed by atoms with E-state index in [1.807, 2.05) is 20.0 Å². The lowest BCUT2D eigenvalue weighted by Crippen LogP contribution is -2.06. The van der Waals surface area contributed by atoms with E-state index >= 15 is 0 Å². The Morgan fingerprint density at radius 3 is 2.13 bits per heavy atom. The third-order valence-electron chi connectivity index (χ3n) is 1.58. The molecule has 0 bridgehead atoms. The van der Waals surface area contributed by atoms with Crippen molar-refractivity contribution in [3.63, 3.8) is 0 Å². The van der Waals surface area contributed by atoms with Gasteiger partial charge in [0.15, 0.2) is 5.78 Å². The number of carbonyl (C=O) groups is 1. The van der Waals surface area contributed by atoms with Crippen LogP contribution >= 0.6 is 0 Å². The Morgan fingerprint density at radius 1 is 1.40 bits per heavy atom. The predicted octanol–water partition coefficient (Wildman–Crippen LogP) is 2.75.